The van der Waals surface area contributed by atoms with Gasteiger partial charge >= 0.3 is 0 Å². The van der Waals surface area contributed by atoms with E-state index in [1.165, 1.54) is 11.3 Å². The Bertz CT molecular complexity index is 649. The Hall–Kier alpha value is -1.95. The highest BCUT2D eigenvalue weighted by Crippen LogP contribution is 2.20. The molecule has 5 nitrogen and oxygen atoms in total. The largest absolute Gasteiger partial charge is 0.354 e. The summed E-state index contributed by atoms with van der Waals surface area (Å²) < 4.78 is 0.925. The predicted octanol–water partition coefficient (Wildman–Crippen LogP) is 1.03. The second kappa shape index (κ2) is 4.14. The first-order valence-corrected chi connectivity index (χ1v) is 6.10. The third kappa shape index (κ3) is 1.99. The third-order valence-corrected chi connectivity index (χ3v) is 3.39. The van der Waals surface area contributed by atoms with Gasteiger partial charge in [-0.3, -0.25) is 9.79 Å². The number of aromatic nitrogens is 1. The van der Waals surface area contributed by atoms with E-state index in [1.54, 1.807) is 6.07 Å². The molecule has 17 heavy (non-hydrogen) atoms. The van der Waals surface area contributed by atoms with Crippen LogP contribution in [0.5, 0.6) is 0 Å². The molecule has 0 radical (unpaired) electrons. The van der Waals surface area contributed by atoms with Crippen molar-refractivity contribution in [2.45, 2.75) is 0 Å². The smallest absolute Gasteiger partial charge is 0.281 e. The molecule has 3 rings (SSSR count). The number of fused-ring (bicyclic) bond motifs is 1. The summed E-state index contributed by atoms with van der Waals surface area (Å²) in [6.07, 6.45) is 0. The van der Waals surface area contributed by atoms with E-state index in [4.69, 9.17) is 0 Å². The molecule has 0 aliphatic carbocycles. The van der Waals surface area contributed by atoms with Crippen molar-refractivity contribution in [1.82, 2.24) is 10.3 Å². The van der Waals surface area contributed by atoms with E-state index < -0.39 is 0 Å². The number of hydrogen-bond acceptors (Lipinski definition) is 6. The molecule has 0 fully saturated rings. The van der Waals surface area contributed by atoms with Crippen molar-refractivity contribution < 1.29 is 0 Å². The first kappa shape index (κ1) is 10.2. The molecule has 1 aromatic carbocycles. The minimum Gasteiger partial charge on any atom is -0.354 e. The maximum Gasteiger partial charge on any atom is 0.281 e. The first-order valence-electron chi connectivity index (χ1n) is 5.28. The Morgan fingerprint density at radius 3 is 3.06 bits per heavy atom. The minimum absolute atomic E-state index is 0.208. The van der Waals surface area contributed by atoms with Gasteiger partial charge in [0, 0.05) is 11.2 Å². The van der Waals surface area contributed by atoms with Crippen molar-refractivity contribution >= 4 is 32.5 Å². The summed E-state index contributed by atoms with van der Waals surface area (Å²) in [7, 11) is 0. The molecular formula is C11H10N4OS. The van der Waals surface area contributed by atoms with E-state index in [2.05, 4.69) is 20.6 Å². The summed E-state index contributed by atoms with van der Waals surface area (Å²) in [6, 6.07) is 7.45. The molecular weight excluding hydrogens is 236 g/mol. The summed E-state index contributed by atoms with van der Waals surface area (Å²) >= 11 is 1.44. The van der Waals surface area contributed by atoms with Crippen molar-refractivity contribution in [2.24, 2.45) is 4.99 Å². The lowest BCUT2D eigenvalue weighted by Gasteiger charge is -2.04. The van der Waals surface area contributed by atoms with Crippen LogP contribution in [0.4, 0.5) is 5.13 Å². The van der Waals surface area contributed by atoms with Crippen LogP contribution in [0.3, 0.4) is 0 Å². The van der Waals surface area contributed by atoms with Crippen LogP contribution >= 0.6 is 11.3 Å². The number of rotatable bonds is 1. The van der Waals surface area contributed by atoms with Crippen molar-refractivity contribution in [2.75, 3.05) is 18.4 Å². The Balaban J connectivity index is 2.03. The standard InChI is InChI=1S/C11H10N4OS/c16-9-7-3-1-2-4-8(7)17-11(14-9)15-10-12-5-6-13-10/h1-4H,5-6H2,(H2,12,13,14,15,16). The van der Waals surface area contributed by atoms with Crippen molar-refractivity contribution in [3.8, 4) is 0 Å². The highest BCUT2D eigenvalue weighted by molar-refractivity contribution is 7.21. The van der Waals surface area contributed by atoms with E-state index in [0.29, 0.717) is 16.5 Å². The van der Waals surface area contributed by atoms with Gasteiger partial charge in [0.05, 0.1) is 11.9 Å². The third-order valence-electron chi connectivity index (χ3n) is 2.43. The molecule has 0 amide bonds. The number of anilines is 1. The number of nitrogens with zero attached hydrogens (tertiary/aromatic N) is 2. The van der Waals surface area contributed by atoms with Crippen LogP contribution < -0.4 is 16.2 Å². The molecule has 0 bridgehead atoms. The molecule has 86 valence electrons. The van der Waals surface area contributed by atoms with Crippen LogP contribution in [0.15, 0.2) is 34.1 Å². The average Bonchev–Trinajstić information content (AvgIpc) is 2.82. The topological polar surface area (TPSA) is 66.4 Å². The van der Waals surface area contributed by atoms with Gasteiger partial charge in [0.15, 0.2) is 11.1 Å². The second-order valence-electron chi connectivity index (χ2n) is 3.60. The van der Waals surface area contributed by atoms with Crippen LogP contribution in [0.25, 0.3) is 10.1 Å². The van der Waals surface area contributed by atoms with Gasteiger partial charge in [-0.1, -0.05) is 23.5 Å². The molecule has 1 aliphatic heterocycles. The van der Waals surface area contributed by atoms with Gasteiger partial charge in [-0.25, -0.2) is 0 Å². The van der Waals surface area contributed by atoms with Crippen LogP contribution in [0.2, 0.25) is 0 Å². The Morgan fingerprint density at radius 1 is 1.35 bits per heavy atom. The quantitative estimate of drug-likeness (QED) is 0.788. The van der Waals surface area contributed by atoms with Crippen molar-refractivity contribution in [3.05, 3.63) is 34.6 Å². The monoisotopic (exact) mass is 246 g/mol. The SMILES string of the molecule is O=c1nc(NC2=NCCN2)sc2ccccc12. The van der Waals surface area contributed by atoms with Crippen LogP contribution in [-0.4, -0.2) is 24.0 Å². The Labute approximate surface area is 101 Å². The molecule has 2 heterocycles. The number of benzene rings is 1. The fourth-order valence-corrected chi connectivity index (χ4v) is 2.54. The lowest BCUT2D eigenvalue weighted by Crippen LogP contribution is -2.27. The minimum atomic E-state index is -0.208. The maximum atomic E-state index is 11.8. The molecule has 0 saturated heterocycles. The highest BCUT2D eigenvalue weighted by Gasteiger charge is 2.08. The van der Waals surface area contributed by atoms with Gasteiger partial charge in [0.2, 0.25) is 0 Å². The Kier molecular flexibility index (Phi) is 2.49. The van der Waals surface area contributed by atoms with Crippen LogP contribution in [0.1, 0.15) is 0 Å². The summed E-state index contributed by atoms with van der Waals surface area (Å²) in [5.41, 5.74) is -0.208. The van der Waals surface area contributed by atoms with Gasteiger partial charge in [-0.15, -0.1) is 0 Å². The maximum absolute atomic E-state index is 11.8. The van der Waals surface area contributed by atoms with E-state index in [0.717, 1.165) is 17.8 Å². The highest BCUT2D eigenvalue weighted by atomic mass is 32.1. The number of guanidine groups is 1. The van der Waals surface area contributed by atoms with Gasteiger partial charge in [-0.05, 0) is 12.1 Å². The summed E-state index contributed by atoms with van der Waals surface area (Å²) in [5.74, 6) is 0.684. The fourth-order valence-electron chi connectivity index (χ4n) is 1.65. The number of aliphatic imine (C=N–C) groups is 1. The fraction of sp³-hybridized carbons (Fsp3) is 0.182. The zero-order chi connectivity index (χ0) is 11.7. The van der Waals surface area contributed by atoms with E-state index in [9.17, 15) is 4.79 Å². The van der Waals surface area contributed by atoms with Gasteiger partial charge < -0.3 is 10.6 Å². The molecule has 0 saturated carbocycles. The zero-order valence-corrected chi connectivity index (χ0v) is 9.75. The van der Waals surface area contributed by atoms with Gasteiger partial charge in [-0.2, -0.15) is 4.98 Å². The summed E-state index contributed by atoms with van der Waals surface area (Å²) in [4.78, 5) is 20.0. The molecule has 0 spiro atoms. The summed E-state index contributed by atoms with van der Waals surface area (Å²) in [6.45, 7) is 1.58. The predicted molar refractivity (Wildman–Crippen MR) is 69.8 cm³/mol. The number of nitrogens with one attached hydrogen (secondary N) is 2. The number of hydrogen-bond donors (Lipinski definition) is 2. The lowest BCUT2D eigenvalue weighted by molar-refractivity contribution is 0.959. The van der Waals surface area contributed by atoms with Crippen molar-refractivity contribution in [1.29, 1.82) is 0 Å². The molecule has 1 aliphatic rings. The van der Waals surface area contributed by atoms with Crippen molar-refractivity contribution in [3.63, 3.8) is 0 Å². The van der Waals surface area contributed by atoms with Gasteiger partial charge in [0.25, 0.3) is 5.56 Å². The van der Waals surface area contributed by atoms with Gasteiger partial charge in [0.1, 0.15) is 0 Å². The lowest BCUT2D eigenvalue weighted by atomic mass is 10.3. The molecule has 2 aromatic rings. The van der Waals surface area contributed by atoms with E-state index in [-0.39, 0.29) is 5.56 Å². The zero-order valence-electron chi connectivity index (χ0n) is 8.93. The molecule has 0 unspecified atom stereocenters. The average molecular weight is 246 g/mol. The molecule has 1 aromatic heterocycles. The molecule has 2 N–H and O–H groups in total. The second-order valence-corrected chi connectivity index (χ2v) is 4.63. The van der Waals surface area contributed by atoms with E-state index in [1.807, 2.05) is 18.2 Å². The van der Waals surface area contributed by atoms with E-state index >= 15 is 0 Å². The summed E-state index contributed by atoms with van der Waals surface area (Å²) in [5, 5.41) is 7.32. The Morgan fingerprint density at radius 2 is 2.24 bits per heavy atom. The normalized spacial score (nSPS) is 14.5. The first-order chi connectivity index (χ1) is 8.33. The van der Waals surface area contributed by atoms with Crippen LogP contribution in [-0.2, 0) is 0 Å². The molecule has 6 heteroatoms. The van der Waals surface area contributed by atoms with Crippen LogP contribution in [0, 0.1) is 0 Å². The molecule has 0 atom stereocenters.